The lowest BCUT2D eigenvalue weighted by Crippen LogP contribution is -2.51. The van der Waals surface area contributed by atoms with Gasteiger partial charge in [0.25, 0.3) is 0 Å². The Balaban J connectivity index is 0.00000161. The number of hydrogen-bond donors (Lipinski definition) is 1. The highest BCUT2D eigenvalue weighted by Crippen LogP contribution is 2.37. The maximum atomic E-state index is 12.5. The van der Waals surface area contributed by atoms with Crippen LogP contribution in [0.4, 0.5) is 0 Å². The molecule has 0 aromatic carbocycles. The number of amides is 1. The molecule has 6 heteroatoms. The summed E-state index contributed by atoms with van der Waals surface area (Å²) in [4.78, 5) is 14.5. The summed E-state index contributed by atoms with van der Waals surface area (Å²) in [6, 6.07) is 0.191. The molecule has 0 aromatic heterocycles. The van der Waals surface area contributed by atoms with Crippen LogP contribution >= 0.6 is 12.4 Å². The van der Waals surface area contributed by atoms with E-state index in [4.69, 9.17) is 9.47 Å². The van der Waals surface area contributed by atoms with Gasteiger partial charge in [0.15, 0.2) is 0 Å². The molecule has 3 aliphatic rings. The standard InChI is InChI=1S/C15H26N2O3.ClH/c18-14(9-13-10-19-8-5-16-13)17-6-1-3-15(11-17)4-2-7-20-12-15;/h13,16H,1-12H2;1H. The number of carbonyl (C=O) groups excluding carboxylic acids is 1. The van der Waals surface area contributed by atoms with E-state index in [1.54, 1.807) is 0 Å². The number of ether oxygens (including phenoxy) is 2. The van der Waals surface area contributed by atoms with Crippen molar-refractivity contribution in [3.05, 3.63) is 0 Å². The van der Waals surface area contributed by atoms with Gasteiger partial charge in [0.05, 0.1) is 19.8 Å². The summed E-state index contributed by atoms with van der Waals surface area (Å²) in [7, 11) is 0. The molecule has 3 aliphatic heterocycles. The van der Waals surface area contributed by atoms with Crippen LogP contribution in [0.5, 0.6) is 0 Å². The van der Waals surface area contributed by atoms with Crippen LogP contribution in [-0.4, -0.2) is 62.9 Å². The summed E-state index contributed by atoms with van der Waals surface area (Å²) in [5, 5.41) is 3.36. The van der Waals surface area contributed by atoms with E-state index in [0.717, 1.165) is 52.3 Å². The molecule has 0 aromatic rings. The van der Waals surface area contributed by atoms with Gasteiger partial charge in [-0.15, -0.1) is 12.4 Å². The second kappa shape index (κ2) is 7.77. The van der Waals surface area contributed by atoms with Gasteiger partial charge < -0.3 is 19.7 Å². The Morgan fingerprint density at radius 2 is 2.10 bits per heavy atom. The van der Waals surface area contributed by atoms with Gasteiger partial charge >= 0.3 is 0 Å². The van der Waals surface area contributed by atoms with Gasteiger partial charge in [-0.1, -0.05) is 0 Å². The van der Waals surface area contributed by atoms with Crippen LogP contribution < -0.4 is 5.32 Å². The van der Waals surface area contributed by atoms with E-state index in [1.165, 1.54) is 12.8 Å². The van der Waals surface area contributed by atoms with Crippen LogP contribution in [0.2, 0.25) is 0 Å². The van der Waals surface area contributed by atoms with E-state index in [-0.39, 0.29) is 29.8 Å². The second-order valence-corrected chi connectivity index (χ2v) is 6.51. The van der Waals surface area contributed by atoms with Gasteiger partial charge in [0.2, 0.25) is 5.91 Å². The average Bonchev–Trinajstić information content (AvgIpc) is 2.49. The Labute approximate surface area is 133 Å². The van der Waals surface area contributed by atoms with Crippen molar-refractivity contribution in [3.63, 3.8) is 0 Å². The molecule has 3 saturated heterocycles. The van der Waals surface area contributed by atoms with Crippen molar-refractivity contribution in [2.75, 3.05) is 46.1 Å². The summed E-state index contributed by atoms with van der Waals surface area (Å²) >= 11 is 0. The molecular weight excluding hydrogens is 292 g/mol. The summed E-state index contributed by atoms with van der Waals surface area (Å²) in [5.41, 5.74) is 0.239. The molecule has 0 radical (unpaired) electrons. The zero-order chi connectivity index (χ0) is 13.8. The van der Waals surface area contributed by atoms with Crippen molar-refractivity contribution in [2.24, 2.45) is 5.41 Å². The molecule has 3 fully saturated rings. The first-order valence-corrected chi connectivity index (χ1v) is 7.94. The van der Waals surface area contributed by atoms with Gasteiger partial charge in [-0.05, 0) is 25.7 Å². The summed E-state index contributed by atoms with van der Waals surface area (Å²) in [6.45, 7) is 5.80. The predicted octanol–water partition coefficient (Wildman–Crippen LogP) is 1.21. The number of likely N-dealkylation sites (tertiary alicyclic amines) is 1. The lowest BCUT2D eigenvalue weighted by Gasteiger charge is -2.45. The van der Waals surface area contributed by atoms with Gasteiger partial charge in [-0.2, -0.15) is 0 Å². The molecule has 1 N–H and O–H groups in total. The third kappa shape index (κ3) is 4.31. The van der Waals surface area contributed by atoms with E-state index in [0.29, 0.717) is 13.0 Å². The molecule has 1 spiro atoms. The molecule has 122 valence electrons. The lowest BCUT2D eigenvalue weighted by molar-refractivity contribution is -0.139. The Bertz CT molecular complexity index is 336. The van der Waals surface area contributed by atoms with Gasteiger partial charge in [-0.25, -0.2) is 0 Å². The maximum Gasteiger partial charge on any atom is 0.224 e. The molecule has 5 nitrogen and oxygen atoms in total. The first-order valence-electron chi connectivity index (χ1n) is 7.94. The second-order valence-electron chi connectivity index (χ2n) is 6.51. The quantitative estimate of drug-likeness (QED) is 0.831. The van der Waals surface area contributed by atoms with E-state index < -0.39 is 0 Å². The van der Waals surface area contributed by atoms with Crippen LogP contribution in [0, 0.1) is 5.41 Å². The molecule has 2 unspecified atom stereocenters. The molecule has 0 aliphatic carbocycles. The zero-order valence-corrected chi connectivity index (χ0v) is 13.5. The SMILES string of the molecule is Cl.O=C(CC1COCCN1)N1CCCC2(CCCOC2)C1. The number of nitrogens with one attached hydrogen (secondary N) is 1. The highest BCUT2D eigenvalue weighted by Gasteiger charge is 2.39. The number of rotatable bonds is 2. The summed E-state index contributed by atoms with van der Waals surface area (Å²) < 4.78 is 11.1. The van der Waals surface area contributed by atoms with Gasteiger partial charge in [0.1, 0.15) is 0 Å². The fraction of sp³-hybridized carbons (Fsp3) is 0.933. The summed E-state index contributed by atoms with van der Waals surface area (Å²) in [6.07, 6.45) is 5.24. The number of hydrogen-bond acceptors (Lipinski definition) is 4. The van der Waals surface area contributed by atoms with Crippen LogP contribution in [0.15, 0.2) is 0 Å². The lowest BCUT2D eigenvalue weighted by atomic mass is 9.76. The first-order chi connectivity index (χ1) is 9.77. The number of piperidine rings is 1. The average molecular weight is 319 g/mol. The van der Waals surface area contributed by atoms with Crippen molar-refractivity contribution < 1.29 is 14.3 Å². The van der Waals surface area contributed by atoms with E-state index in [1.807, 2.05) is 0 Å². The van der Waals surface area contributed by atoms with Gasteiger partial charge in [0, 0.05) is 44.1 Å². The topological polar surface area (TPSA) is 50.8 Å². The maximum absolute atomic E-state index is 12.5. The third-order valence-corrected chi connectivity index (χ3v) is 4.84. The molecule has 1 amide bonds. The zero-order valence-electron chi connectivity index (χ0n) is 12.6. The molecule has 0 saturated carbocycles. The highest BCUT2D eigenvalue weighted by molar-refractivity contribution is 5.85. The minimum Gasteiger partial charge on any atom is -0.381 e. The molecule has 2 atom stereocenters. The van der Waals surface area contributed by atoms with Crippen LogP contribution in [0.3, 0.4) is 0 Å². The fourth-order valence-corrected chi connectivity index (χ4v) is 3.74. The Morgan fingerprint density at radius 1 is 1.24 bits per heavy atom. The monoisotopic (exact) mass is 318 g/mol. The van der Waals surface area contributed by atoms with Crippen molar-refractivity contribution >= 4 is 18.3 Å². The Hall–Kier alpha value is -0.360. The molecule has 3 rings (SSSR count). The normalized spacial score (nSPS) is 33.5. The van der Waals surface area contributed by atoms with E-state index in [9.17, 15) is 4.79 Å². The number of nitrogens with zero attached hydrogens (tertiary/aromatic N) is 1. The minimum atomic E-state index is 0. The Morgan fingerprint density at radius 3 is 2.81 bits per heavy atom. The molecule has 0 bridgehead atoms. The smallest absolute Gasteiger partial charge is 0.224 e. The number of carbonyl (C=O) groups is 1. The highest BCUT2D eigenvalue weighted by atomic mass is 35.5. The first kappa shape index (κ1) is 17.0. The van der Waals surface area contributed by atoms with Crippen LogP contribution in [-0.2, 0) is 14.3 Å². The van der Waals surface area contributed by atoms with Crippen molar-refractivity contribution in [3.8, 4) is 0 Å². The fourth-order valence-electron chi connectivity index (χ4n) is 3.74. The number of morpholine rings is 1. The van der Waals surface area contributed by atoms with Gasteiger partial charge in [-0.3, -0.25) is 4.79 Å². The van der Waals surface area contributed by atoms with Crippen molar-refractivity contribution in [1.82, 2.24) is 10.2 Å². The Kier molecular flexibility index (Phi) is 6.29. The van der Waals surface area contributed by atoms with Crippen molar-refractivity contribution in [1.29, 1.82) is 0 Å². The van der Waals surface area contributed by atoms with Crippen LogP contribution in [0.25, 0.3) is 0 Å². The minimum absolute atomic E-state index is 0. The molecule has 3 heterocycles. The predicted molar refractivity (Wildman–Crippen MR) is 82.8 cm³/mol. The van der Waals surface area contributed by atoms with E-state index in [2.05, 4.69) is 10.2 Å². The third-order valence-electron chi connectivity index (χ3n) is 4.84. The van der Waals surface area contributed by atoms with Crippen molar-refractivity contribution in [2.45, 2.75) is 38.1 Å². The summed E-state index contributed by atoms with van der Waals surface area (Å²) in [5.74, 6) is 0.276. The number of halogens is 1. The van der Waals surface area contributed by atoms with Crippen LogP contribution in [0.1, 0.15) is 32.1 Å². The molecule has 21 heavy (non-hydrogen) atoms. The largest absolute Gasteiger partial charge is 0.381 e. The molecular formula is C15H27ClN2O3. The van der Waals surface area contributed by atoms with E-state index >= 15 is 0 Å².